The summed E-state index contributed by atoms with van der Waals surface area (Å²) in [5.74, 6) is -7.92. The molecule has 4 fully saturated rings. The maximum absolute atomic E-state index is 15.4. The molecule has 2 aromatic rings. The highest BCUT2D eigenvalue weighted by atomic mass is 19.4. The van der Waals surface area contributed by atoms with Crippen molar-refractivity contribution in [1.82, 2.24) is 10.6 Å². The number of carbonyl (C=O) groups excluding carboxylic acids is 1. The second-order valence-electron chi connectivity index (χ2n) is 17.0. The smallest absolute Gasteiger partial charge is 0.385 e. The number of ether oxygens (including phenoxy) is 2. The highest BCUT2D eigenvalue weighted by Crippen LogP contribution is 2.71. The molecule has 52 heavy (non-hydrogen) atoms. The number of alkyl halides is 5. The molecule has 1 aliphatic heterocycles. The minimum absolute atomic E-state index is 0.0213. The van der Waals surface area contributed by atoms with Crippen molar-refractivity contribution in [3.05, 3.63) is 82.4 Å². The van der Waals surface area contributed by atoms with Gasteiger partial charge in [-0.1, -0.05) is 80.9 Å². The fourth-order valence-corrected chi connectivity index (χ4v) is 10.2. The van der Waals surface area contributed by atoms with Crippen LogP contribution in [0.3, 0.4) is 0 Å². The Balaban J connectivity index is 1.20. The Morgan fingerprint density at radius 2 is 1.46 bits per heavy atom. The summed E-state index contributed by atoms with van der Waals surface area (Å²) in [5.41, 5.74) is -2.41. The maximum Gasteiger partial charge on any atom is 0.456 e. The number of hydrogen-bond donors (Lipinski definition) is 4. The predicted octanol–water partition coefficient (Wildman–Crippen LogP) is 7.91. The molecule has 1 spiro atoms. The first-order valence-corrected chi connectivity index (χ1v) is 18.4. The number of fused-ring (bicyclic) bond motifs is 4. The van der Waals surface area contributed by atoms with E-state index in [1.807, 2.05) is 68.4 Å². The fourth-order valence-electron chi connectivity index (χ4n) is 10.2. The molecule has 0 bridgehead atoms. The van der Waals surface area contributed by atoms with E-state index in [1.54, 1.807) is 0 Å². The Hall–Kier alpha value is -3.06. The molecule has 7 rings (SSSR count). The number of benzene rings is 2. The monoisotopic (exact) mass is 732 g/mol. The molecule has 0 radical (unpaired) electrons. The van der Waals surface area contributed by atoms with Crippen LogP contribution < -0.4 is 10.6 Å². The van der Waals surface area contributed by atoms with E-state index in [2.05, 4.69) is 10.6 Å². The summed E-state index contributed by atoms with van der Waals surface area (Å²) in [7, 11) is 0. The molecule has 5 aliphatic rings. The summed E-state index contributed by atoms with van der Waals surface area (Å²) in [5, 5.41) is 29.6. The molecule has 2 amide bonds. The zero-order valence-corrected chi connectivity index (χ0v) is 29.9. The third-order valence-corrected chi connectivity index (χ3v) is 13.0. The van der Waals surface area contributed by atoms with Crippen molar-refractivity contribution in [3.63, 3.8) is 0 Å². The van der Waals surface area contributed by atoms with Crippen LogP contribution >= 0.6 is 0 Å². The second-order valence-corrected chi connectivity index (χ2v) is 17.0. The summed E-state index contributed by atoms with van der Waals surface area (Å²) in [6, 6.07) is 16.4. The molecular formula is C40H49F5N2O5. The van der Waals surface area contributed by atoms with Crippen molar-refractivity contribution in [2.75, 3.05) is 13.2 Å². The van der Waals surface area contributed by atoms with Gasteiger partial charge in [-0.3, -0.25) is 0 Å². The zero-order valence-electron chi connectivity index (χ0n) is 29.9. The van der Waals surface area contributed by atoms with Crippen LogP contribution in [0.15, 0.2) is 65.7 Å². The van der Waals surface area contributed by atoms with Gasteiger partial charge in [0.2, 0.25) is 0 Å². The van der Waals surface area contributed by atoms with E-state index in [-0.39, 0.29) is 37.3 Å². The van der Waals surface area contributed by atoms with Gasteiger partial charge in [0.15, 0.2) is 5.79 Å². The van der Waals surface area contributed by atoms with Crippen LogP contribution in [-0.2, 0) is 22.6 Å². The van der Waals surface area contributed by atoms with E-state index < -0.39 is 58.7 Å². The van der Waals surface area contributed by atoms with Crippen LogP contribution in [-0.4, -0.2) is 58.5 Å². The standard InChI is InChI=1S/C40H49F5N2O5/c1-34(2)23-51-37(52-24-34)17-14-31-32-28(13-16-36(31,49)22-37)30-15-18-38(50,39(41,42)40(43,44)45)35(30,3)19-29(32)27-11-9-26(10-12-27)21-47-33(48)46-20-25-7-5-4-6-8-25/h4-12,28-30,49-50H,13-24H2,1-3H3,(H2,46,47,48)/t28-,29+,30-,35-,36+,38-/m0/s1. The molecule has 4 aliphatic carbocycles. The van der Waals surface area contributed by atoms with Gasteiger partial charge in [-0.15, -0.1) is 0 Å². The normalized spacial score (nSPS) is 33.9. The number of halogens is 5. The van der Waals surface area contributed by atoms with Crippen LogP contribution in [0.25, 0.3) is 0 Å². The Morgan fingerprint density at radius 3 is 2.08 bits per heavy atom. The van der Waals surface area contributed by atoms with Crippen molar-refractivity contribution in [2.24, 2.45) is 22.7 Å². The Bertz CT molecular complexity index is 1690. The van der Waals surface area contributed by atoms with Gasteiger partial charge < -0.3 is 30.3 Å². The van der Waals surface area contributed by atoms with E-state index in [0.29, 0.717) is 51.0 Å². The lowest BCUT2D eigenvalue weighted by molar-refractivity contribution is -0.362. The quantitative estimate of drug-likeness (QED) is 0.179. The van der Waals surface area contributed by atoms with Crippen molar-refractivity contribution in [3.8, 4) is 0 Å². The number of allylic oxidation sites excluding steroid dienone is 1. The van der Waals surface area contributed by atoms with E-state index in [9.17, 15) is 28.2 Å². The summed E-state index contributed by atoms with van der Waals surface area (Å²) in [4.78, 5) is 12.5. The second kappa shape index (κ2) is 12.8. The van der Waals surface area contributed by atoms with Gasteiger partial charge in [-0.05, 0) is 72.6 Å². The van der Waals surface area contributed by atoms with Gasteiger partial charge >= 0.3 is 18.1 Å². The van der Waals surface area contributed by atoms with E-state index in [0.717, 1.165) is 22.3 Å². The first-order valence-electron chi connectivity index (χ1n) is 18.4. The molecule has 12 heteroatoms. The topological polar surface area (TPSA) is 100 Å². The van der Waals surface area contributed by atoms with Gasteiger partial charge in [-0.25, -0.2) is 4.79 Å². The zero-order chi connectivity index (χ0) is 37.4. The Labute approximate surface area is 301 Å². The summed E-state index contributed by atoms with van der Waals surface area (Å²) in [6.07, 6.45) is -4.92. The van der Waals surface area contributed by atoms with Crippen LogP contribution in [0.2, 0.25) is 0 Å². The average Bonchev–Trinajstić information content (AvgIpc) is 3.38. The molecule has 284 valence electrons. The molecule has 0 unspecified atom stereocenters. The first-order chi connectivity index (χ1) is 24.3. The van der Waals surface area contributed by atoms with Crippen molar-refractivity contribution in [1.29, 1.82) is 0 Å². The molecule has 0 aromatic heterocycles. The molecule has 2 aromatic carbocycles. The Kier molecular flexibility index (Phi) is 9.15. The first kappa shape index (κ1) is 37.3. The highest BCUT2D eigenvalue weighted by Gasteiger charge is 2.79. The number of urea groups is 1. The predicted molar refractivity (Wildman–Crippen MR) is 183 cm³/mol. The SMILES string of the molecule is CC1(C)COC2(CCC3=C4[C@@H](CC[C@@]3(O)C2)[C@@H]2CC[C@@](O)(C(F)(F)C(F)(F)F)[C@@]2(C)C[C@@H]4c2ccc(CNC(=O)NCc3ccccc3)cc2)OC1. The van der Waals surface area contributed by atoms with Crippen LogP contribution in [0.4, 0.5) is 26.7 Å². The number of aliphatic hydroxyl groups is 2. The molecule has 6 atom stereocenters. The van der Waals surface area contributed by atoms with Crippen molar-refractivity contribution >= 4 is 6.03 Å². The molecule has 7 nitrogen and oxygen atoms in total. The molecule has 1 heterocycles. The lowest BCUT2D eigenvalue weighted by Gasteiger charge is -2.59. The van der Waals surface area contributed by atoms with Gasteiger partial charge in [0.1, 0.15) is 5.60 Å². The highest BCUT2D eigenvalue weighted by molar-refractivity contribution is 5.73. The third kappa shape index (κ3) is 6.15. The van der Waals surface area contributed by atoms with Crippen LogP contribution in [0.5, 0.6) is 0 Å². The van der Waals surface area contributed by atoms with Gasteiger partial charge in [0, 0.05) is 42.7 Å². The summed E-state index contributed by atoms with van der Waals surface area (Å²) >= 11 is 0. The number of nitrogens with one attached hydrogen (secondary N) is 2. The van der Waals surface area contributed by atoms with Crippen LogP contribution in [0, 0.1) is 22.7 Å². The van der Waals surface area contributed by atoms with E-state index in [1.165, 1.54) is 6.92 Å². The minimum Gasteiger partial charge on any atom is -0.385 e. The summed E-state index contributed by atoms with van der Waals surface area (Å²) in [6.45, 7) is 7.02. The van der Waals surface area contributed by atoms with Crippen molar-refractivity contribution < 1.29 is 46.4 Å². The largest absolute Gasteiger partial charge is 0.456 e. The Morgan fingerprint density at radius 1 is 0.846 bits per heavy atom. The fraction of sp³-hybridized carbons (Fsp3) is 0.625. The average molecular weight is 733 g/mol. The lowest BCUT2D eigenvalue weighted by Crippen LogP contribution is -2.65. The minimum atomic E-state index is -5.92. The van der Waals surface area contributed by atoms with Gasteiger partial charge in [-0.2, -0.15) is 22.0 Å². The lowest BCUT2D eigenvalue weighted by atomic mass is 9.49. The van der Waals surface area contributed by atoms with Gasteiger partial charge in [0.25, 0.3) is 0 Å². The van der Waals surface area contributed by atoms with E-state index in [4.69, 9.17) is 9.47 Å². The molecule has 1 saturated heterocycles. The van der Waals surface area contributed by atoms with Crippen LogP contribution in [0.1, 0.15) is 94.7 Å². The molecule has 3 saturated carbocycles. The van der Waals surface area contributed by atoms with Gasteiger partial charge in [0.05, 0.1) is 18.8 Å². The number of hydrogen-bond acceptors (Lipinski definition) is 5. The van der Waals surface area contributed by atoms with Crippen molar-refractivity contribution in [2.45, 2.75) is 120 Å². The maximum atomic E-state index is 15.4. The van der Waals surface area contributed by atoms with E-state index >= 15 is 8.78 Å². The summed E-state index contributed by atoms with van der Waals surface area (Å²) < 4.78 is 85.5. The molecule has 4 N–H and O–H groups in total. The molecular weight excluding hydrogens is 683 g/mol. The number of amides is 2. The number of rotatable bonds is 6. The number of carbonyl (C=O) groups is 1. The third-order valence-electron chi connectivity index (χ3n) is 13.0.